The van der Waals surface area contributed by atoms with E-state index in [4.69, 9.17) is 68.1 Å². The maximum absolute atomic E-state index is 6.76. The van der Waals surface area contributed by atoms with Crippen LogP contribution < -0.4 is 0 Å². The second-order valence-electron chi connectivity index (χ2n) is 28.3. The lowest BCUT2D eigenvalue weighted by Crippen LogP contribution is -2.01. The van der Waals surface area contributed by atoms with Crippen LogP contribution in [0.25, 0.3) is 224 Å². The van der Waals surface area contributed by atoms with Gasteiger partial charge in [-0.2, -0.15) is 0 Å². The van der Waals surface area contributed by atoms with Gasteiger partial charge in [-0.1, -0.05) is 340 Å². The Labute approximate surface area is 670 Å². The predicted molar refractivity (Wildman–Crippen MR) is 467 cm³/mol. The van der Waals surface area contributed by atoms with Gasteiger partial charge < -0.3 is 13.3 Å². The van der Waals surface area contributed by atoms with Gasteiger partial charge >= 0.3 is 0 Å². The molecule has 7 aromatic heterocycles. The number of furan rings is 3. The fraction of sp³-hybridized carbons (Fsp3) is 0. The normalized spacial score (nSPS) is 11.4. The molecule has 548 valence electrons. The van der Waals surface area contributed by atoms with Gasteiger partial charge in [0.1, 0.15) is 33.5 Å². The van der Waals surface area contributed by atoms with E-state index in [-0.39, 0.29) is 0 Å². The van der Waals surface area contributed by atoms with E-state index >= 15 is 0 Å². The van der Waals surface area contributed by atoms with E-state index < -0.39 is 0 Å². The third-order valence-electron chi connectivity index (χ3n) is 21.0. The highest BCUT2D eigenvalue weighted by Gasteiger charge is 2.26. The van der Waals surface area contributed by atoms with Crippen molar-refractivity contribution in [2.75, 3.05) is 0 Å². The van der Waals surface area contributed by atoms with Crippen LogP contribution in [0.5, 0.6) is 0 Å². The van der Waals surface area contributed by atoms with E-state index in [1.54, 1.807) is 0 Å². The Hall–Kier alpha value is -16.2. The first-order chi connectivity index (χ1) is 58.0. The minimum absolute atomic E-state index is 0.492. The molecule has 0 radical (unpaired) electrons. The molecule has 0 aliphatic carbocycles. The number of hydrogen-bond acceptors (Lipinski definition) is 14. The number of benzene rings is 15. The molecule has 0 aliphatic rings. The zero-order valence-corrected chi connectivity index (χ0v) is 62.5. The summed E-state index contributed by atoms with van der Waals surface area (Å²) in [5, 5.41) is 6.06. The highest BCUT2D eigenvalue weighted by Crippen LogP contribution is 2.46. The predicted octanol–water partition coefficient (Wildman–Crippen LogP) is 25.8. The van der Waals surface area contributed by atoms with Crippen molar-refractivity contribution in [3.05, 3.63) is 382 Å². The molecule has 0 unspecified atom stereocenters. The molecule has 0 saturated carbocycles. The molecule has 22 rings (SSSR count). The van der Waals surface area contributed by atoms with Crippen LogP contribution in [0.15, 0.2) is 395 Å². The molecule has 14 heteroatoms. The molecule has 117 heavy (non-hydrogen) atoms. The average molecular weight is 1500 g/mol. The molecular formula is C103H63N11O3. The second kappa shape index (κ2) is 29.8. The summed E-state index contributed by atoms with van der Waals surface area (Å²) in [7, 11) is 0. The quantitative estimate of drug-likeness (QED) is 0.100. The van der Waals surface area contributed by atoms with Crippen LogP contribution in [0, 0.1) is 0 Å². The van der Waals surface area contributed by atoms with Gasteiger partial charge in [-0.15, -0.1) is 0 Å². The van der Waals surface area contributed by atoms with Crippen molar-refractivity contribution in [1.29, 1.82) is 0 Å². The van der Waals surface area contributed by atoms with Gasteiger partial charge in [-0.25, -0.2) is 54.8 Å². The smallest absolute Gasteiger partial charge is 0.167 e. The van der Waals surface area contributed by atoms with E-state index in [1.165, 1.54) is 0 Å². The largest absolute Gasteiger partial charge is 0.455 e. The first-order valence-electron chi connectivity index (χ1n) is 38.5. The summed E-state index contributed by atoms with van der Waals surface area (Å²) < 4.78 is 19.9. The second-order valence-corrected chi connectivity index (χ2v) is 28.3. The SMILES string of the molecule is c1ccc(-c2cc(-c3ccc(-c4ccc(-c5nc(-c6ccccc6)nc(-c6ccccc6)n5)cc4)c4c3oc3ccccc34)nc(-c3ccccc3)n2)cc1.c1ccc(-c2nc(-c3ccccc3)nc(-c3ccc(-c4ccc(-c5nc(-c6ccccc6)nc(-c6cccc7c6oc6ccccc67)n5)c5oc6ccccc6c45)cc3)n2)cc1. The summed E-state index contributed by atoms with van der Waals surface area (Å²) in [5.41, 5.74) is 21.1. The summed E-state index contributed by atoms with van der Waals surface area (Å²) in [6, 6.07) is 128. The van der Waals surface area contributed by atoms with Crippen LogP contribution in [-0.2, 0) is 0 Å². The van der Waals surface area contributed by atoms with Gasteiger partial charge in [0.05, 0.1) is 22.5 Å². The van der Waals surface area contributed by atoms with Gasteiger partial charge in [-0.3, -0.25) is 0 Å². The number of rotatable bonds is 14. The molecule has 0 spiro atoms. The molecule has 7 heterocycles. The van der Waals surface area contributed by atoms with Crippen molar-refractivity contribution in [2.45, 2.75) is 0 Å². The molecule has 0 atom stereocenters. The molecule has 0 bridgehead atoms. The van der Waals surface area contributed by atoms with Crippen LogP contribution in [0.3, 0.4) is 0 Å². The van der Waals surface area contributed by atoms with Crippen LogP contribution >= 0.6 is 0 Å². The molecule has 0 amide bonds. The Morgan fingerprint density at radius 1 is 0.145 bits per heavy atom. The average Bonchev–Trinajstić information content (AvgIpc) is 1.61. The molecular weight excluding hydrogens is 1440 g/mol. The Balaban J connectivity index is 0.000000147. The Morgan fingerprint density at radius 3 is 0.803 bits per heavy atom. The molecule has 14 nitrogen and oxygen atoms in total. The van der Waals surface area contributed by atoms with Gasteiger partial charge in [-0.05, 0) is 64.7 Å². The summed E-state index contributed by atoms with van der Waals surface area (Å²) in [6.45, 7) is 0. The van der Waals surface area contributed by atoms with E-state index in [0.717, 1.165) is 161 Å². The van der Waals surface area contributed by atoms with Gasteiger partial charge in [0, 0.05) is 88.0 Å². The molecule has 0 saturated heterocycles. The lowest BCUT2D eigenvalue weighted by Gasteiger charge is -2.12. The van der Waals surface area contributed by atoms with Gasteiger partial charge in [0.15, 0.2) is 58.2 Å². The van der Waals surface area contributed by atoms with Crippen molar-refractivity contribution in [3.63, 3.8) is 0 Å². The fourth-order valence-electron chi connectivity index (χ4n) is 15.3. The molecule has 0 fully saturated rings. The zero-order chi connectivity index (χ0) is 77.5. The molecule has 15 aromatic carbocycles. The minimum atomic E-state index is 0.492. The number of aromatic nitrogens is 11. The maximum atomic E-state index is 6.76. The highest BCUT2D eigenvalue weighted by atomic mass is 16.3. The van der Waals surface area contributed by atoms with Crippen LogP contribution in [-0.4, -0.2) is 54.8 Å². The summed E-state index contributed by atoms with van der Waals surface area (Å²) in [5.74, 6) is 5.91. The standard InChI is InChI=1S/C54H32N6O2.C49H31N5O/c1-4-15-34(16-5-1)49-55-50(35-17-6-2-7-18-35)57-52(56-49)37-29-27-33(28-30-37)38-31-32-43(48-46(38)41-22-11-13-26-45(41)62-48)54-59-51(36-19-8-3-9-20-36)58-53(60-54)42-24-14-23-40-39-21-10-12-25-44(39)61-47(40)42;1-5-15-33(16-6-1)41-31-42(51-46(50-41)34-17-7-2-8-18-34)39-30-29-38(44-40-23-13-14-24-43(40)55-45(39)44)32-25-27-37(28-26-32)49-53-47(35-19-9-3-10-20-35)52-48(54-49)36-21-11-4-12-22-36/h1-32H;1-31H. The fourth-order valence-corrected chi connectivity index (χ4v) is 15.3. The third-order valence-corrected chi connectivity index (χ3v) is 21.0. The lowest BCUT2D eigenvalue weighted by atomic mass is 9.95. The van der Waals surface area contributed by atoms with E-state index in [9.17, 15) is 0 Å². The number of nitrogens with zero attached hydrogens (tertiary/aromatic N) is 11. The Bertz CT molecular complexity index is 7290. The van der Waals surface area contributed by atoms with Crippen LogP contribution in [0.4, 0.5) is 0 Å². The van der Waals surface area contributed by atoms with Crippen molar-refractivity contribution < 1.29 is 13.3 Å². The molecule has 0 N–H and O–H groups in total. The summed E-state index contributed by atoms with van der Waals surface area (Å²) >= 11 is 0. The zero-order valence-electron chi connectivity index (χ0n) is 62.5. The lowest BCUT2D eigenvalue weighted by molar-refractivity contribution is 0.669. The summed E-state index contributed by atoms with van der Waals surface area (Å²) in [4.78, 5) is 55.0. The number of hydrogen-bond donors (Lipinski definition) is 0. The Morgan fingerprint density at radius 2 is 0.402 bits per heavy atom. The third kappa shape index (κ3) is 13.2. The first-order valence-corrected chi connectivity index (χ1v) is 38.5. The topological polar surface area (TPSA) is 181 Å². The van der Waals surface area contributed by atoms with E-state index in [0.29, 0.717) is 63.8 Å². The van der Waals surface area contributed by atoms with E-state index in [1.807, 2.05) is 267 Å². The van der Waals surface area contributed by atoms with Crippen LogP contribution in [0.1, 0.15) is 0 Å². The van der Waals surface area contributed by atoms with Crippen molar-refractivity contribution in [3.8, 4) is 159 Å². The van der Waals surface area contributed by atoms with Crippen molar-refractivity contribution >= 4 is 65.8 Å². The number of para-hydroxylation sites is 4. The van der Waals surface area contributed by atoms with Gasteiger partial charge in [0.2, 0.25) is 0 Å². The summed E-state index contributed by atoms with van der Waals surface area (Å²) in [6.07, 6.45) is 0. The van der Waals surface area contributed by atoms with Crippen LogP contribution in [0.2, 0.25) is 0 Å². The van der Waals surface area contributed by atoms with E-state index in [2.05, 4.69) is 115 Å². The molecule has 22 aromatic rings. The van der Waals surface area contributed by atoms with Gasteiger partial charge in [0.25, 0.3) is 0 Å². The highest BCUT2D eigenvalue weighted by molar-refractivity contribution is 6.18. The van der Waals surface area contributed by atoms with Crippen molar-refractivity contribution in [1.82, 2.24) is 54.8 Å². The first kappa shape index (κ1) is 68.8. The minimum Gasteiger partial charge on any atom is -0.455 e. The monoisotopic (exact) mass is 1500 g/mol. The maximum Gasteiger partial charge on any atom is 0.167 e. The Kier molecular flexibility index (Phi) is 17.5. The van der Waals surface area contributed by atoms with Crippen molar-refractivity contribution in [2.24, 2.45) is 0 Å². The number of fused-ring (bicyclic) bond motifs is 9. The molecule has 0 aliphatic heterocycles.